The van der Waals surface area contributed by atoms with E-state index in [-0.39, 0.29) is 24.5 Å². The Morgan fingerprint density at radius 3 is 2.49 bits per heavy atom. The smallest absolute Gasteiger partial charge is 0.254 e. The van der Waals surface area contributed by atoms with Crippen molar-refractivity contribution in [3.05, 3.63) is 53.5 Å². The number of hydrogen-bond acceptors (Lipinski definition) is 6. The molecule has 0 radical (unpaired) electrons. The van der Waals surface area contributed by atoms with Crippen LogP contribution in [0.1, 0.15) is 42.5 Å². The van der Waals surface area contributed by atoms with Crippen molar-refractivity contribution in [2.45, 2.75) is 44.2 Å². The minimum atomic E-state index is -0.111. The summed E-state index contributed by atoms with van der Waals surface area (Å²) in [7, 11) is 0. The van der Waals surface area contributed by atoms with Crippen LogP contribution in [0, 0.1) is 0 Å². The van der Waals surface area contributed by atoms with Crippen molar-refractivity contribution in [3.8, 4) is 5.75 Å². The lowest BCUT2D eigenvalue weighted by Crippen LogP contribution is -2.52. The number of ether oxygens (including phenoxy) is 1. The third kappa shape index (κ3) is 4.65. The molecule has 3 aliphatic rings. The van der Waals surface area contributed by atoms with Crippen molar-refractivity contribution in [2.24, 2.45) is 0 Å². The molecule has 182 valence electrons. The normalized spacial score (nSPS) is 20.3. The first-order chi connectivity index (χ1) is 17.1. The molecule has 7 nitrogen and oxygen atoms in total. The van der Waals surface area contributed by atoms with E-state index in [1.807, 2.05) is 36.4 Å². The number of nitrogens with zero attached hydrogens (tertiary/aromatic N) is 4. The van der Waals surface area contributed by atoms with Gasteiger partial charge in [0.1, 0.15) is 18.4 Å². The van der Waals surface area contributed by atoms with E-state index in [1.54, 1.807) is 21.4 Å². The van der Waals surface area contributed by atoms with Crippen LogP contribution < -0.4 is 9.64 Å². The van der Waals surface area contributed by atoms with Gasteiger partial charge in [0.25, 0.3) is 5.91 Å². The minimum Gasteiger partial charge on any atom is -0.490 e. The second-order valence-corrected chi connectivity index (χ2v) is 10.6. The van der Waals surface area contributed by atoms with Crippen molar-refractivity contribution < 1.29 is 14.3 Å². The molecule has 1 aliphatic carbocycles. The monoisotopic (exact) mass is 490 g/mol. The van der Waals surface area contributed by atoms with Gasteiger partial charge in [-0.1, -0.05) is 6.42 Å². The maximum atomic E-state index is 13.0. The summed E-state index contributed by atoms with van der Waals surface area (Å²) in [6, 6.07) is 14.1. The largest absolute Gasteiger partial charge is 0.490 e. The fraction of sp³-hybridized carbons (Fsp3) is 0.444. The van der Waals surface area contributed by atoms with Crippen LogP contribution in [0.4, 0.5) is 5.69 Å². The number of hydrogen-bond donors (Lipinski definition) is 0. The zero-order valence-corrected chi connectivity index (χ0v) is 20.6. The van der Waals surface area contributed by atoms with E-state index in [1.165, 1.54) is 30.6 Å². The maximum absolute atomic E-state index is 13.0. The number of aromatic nitrogens is 1. The van der Waals surface area contributed by atoms with Gasteiger partial charge in [-0.2, -0.15) is 0 Å². The maximum Gasteiger partial charge on any atom is 0.254 e. The van der Waals surface area contributed by atoms with Crippen molar-refractivity contribution in [3.63, 3.8) is 0 Å². The van der Waals surface area contributed by atoms with Crippen LogP contribution in [-0.2, 0) is 4.79 Å². The van der Waals surface area contributed by atoms with Crippen LogP contribution in [-0.4, -0.2) is 71.5 Å². The van der Waals surface area contributed by atoms with Gasteiger partial charge in [-0.05, 0) is 68.1 Å². The fourth-order valence-electron chi connectivity index (χ4n) is 5.30. The van der Waals surface area contributed by atoms with Crippen LogP contribution in [0.15, 0.2) is 48.0 Å². The standard InChI is InChI=1S/C27H30N4O3S/c32-26-17-30(27(33)19-4-9-24-25(16-19)35-18-28-24)14-15-31(26)21-5-7-22(8-6-21)34-23-10-12-29(13-11-23)20-2-1-3-20/h4-9,16,18,20,23H,1-3,10-15,17H2. The molecular formula is C27H30N4O3S. The molecule has 2 amide bonds. The summed E-state index contributed by atoms with van der Waals surface area (Å²) in [6.07, 6.45) is 6.50. The highest BCUT2D eigenvalue weighted by atomic mass is 32.1. The Bertz CT molecular complexity index is 1210. The molecule has 0 unspecified atom stereocenters. The first-order valence-corrected chi connectivity index (χ1v) is 13.5. The predicted octanol–water partition coefficient (Wildman–Crippen LogP) is 4.18. The summed E-state index contributed by atoms with van der Waals surface area (Å²) < 4.78 is 7.22. The average Bonchev–Trinajstić information content (AvgIpc) is 3.32. The lowest BCUT2D eigenvalue weighted by atomic mass is 9.90. The number of fused-ring (bicyclic) bond motifs is 1. The molecule has 2 aromatic carbocycles. The van der Waals surface area contributed by atoms with Gasteiger partial charge in [0.15, 0.2) is 0 Å². The number of anilines is 1. The van der Waals surface area contributed by atoms with E-state index in [0.717, 1.165) is 53.6 Å². The number of rotatable bonds is 5. The highest BCUT2D eigenvalue weighted by Gasteiger charge is 2.30. The third-order valence-electron chi connectivity index (χ3n) is 7.60. The number of piperidine rings is 1. The molecule has 1 saturated carbocycles. The predicted molar refractivity (Wildman–Crippen MR) is 137 cm³/mol. The van der Waals surface area contributed by atoms with Gasteiger partial charge in [0, 0.05) is 43.5 Å². The van der Waals surface area contributed by atoms with Crippen LogP contribution in [0.5, 0.6) is 5.75 Å². The number of thiazole rings is 1. The quantitative estimate of drug-likeness (QED) is 0.537. The van der Waals surface area contributed by atoms with Gasteiger partial charge in [-0.3, -0.25) is 9.59 Å². The molecule has 8 heteroatoms. The fourth-order valence-corrected chi connectivity index (χ4v) is 6.01. The SMILES string of the molecule is O=C(c1ccc2ncsc2c1)N1CCN(c2ccc(OC3CCN(C4CCC4)CC3)cc2)C(=O)C1. The molecule has 3 heterocycles. The first-order valence-electron chi connectivity index (χ1n) is 12.6. The Balaban J connectivity index is 1.03. The van der Waals surface area contributed by atoms with Crippen LogP contribution in [0.25, 0.3) is 10.2 Å². The van der Waals surface area contributed by atoms with Crippen molar-refractivity contribution in [1.82, 2.24) is 14.8 Å². The van der Waals surface area contributed by atoms with Crippen molar-refractivity contribution >= 4 is 39.1 Å². The Kier molecular flexibility index (Phi) is 6.16. The summed E-state index contributed by atoms with van der Waals surface area (Å²) in [4.78, 5) is 36.2. The minimum absolute atomic E-state index is 0.0690. The Morgan fingerprint density at radius 1 is 0.971 bits per heavy atom. The second-order valence-electron chi connectivity index (χ2n) is 9.74. The molecular weight excluding hydrogens is 460 g/mol. The number of carbonyl (C=O) groups is 2. The molecule has 0 spiro atoms. The molecule has 2 saturated heterocycles. The van der Waals surface area contributed by atoms with Crippen LogP contribution >= 0.6 is 11.3 Å². The topological polar surface area (TPSA) is 66.0 Å². The Morgan fingerprint density at radius 2 is 1.77 bits per heavy atom. The summed E-state index contributed by atoms with van der Waals surface area (Å²) in [6.45, 7) is 3.32. The number of amides is 2. The Labute approximate surface area is 209 Å². The molecule has 6 rings (SSSR count). The van der Waals surface area contributed by atoms with Gasteiger partial charge in [-0.25, -0.2) is 4.98 Å². The van der Waals surface area contributed by atoms with Crippen LogP contribution in [0.3, 0.4) is 0 Å². The van der Waals surface area contributed by atoms with Gasteiger partial charge >= 0.3 is 0 Å². The second kappa shape index (κ2) is 9.59. The highest BCUT2D eigenvalue weighted by Crippen LogP contribution is 2.29. The number of benzene rings is 2. The summed E-state index contributed by atoms with van der Waals surface area (Å²) in [5.41, 5.74) is 4.11. The molecule has 2 aliphatic heterocycles. The van der Waals surface area contributed by atoms with E-state index in [9.17, 15) is 9.59 Å². The molecule has 1 aromatic heterocycles. The molecule has 0 atom stereocenters. The first kappa shape index (κ1) is 22.5. The van der Waals surface area contributed by atoms with E-state index in [0.29, 0.717) is 18.7 Å². The van der Waals surface area contributed by atoms with E-state index in [4.69, 9.17) is 4.74 Å². The summed E-state index contributed by atoms with van der Waals surface area (Å²) in [5, 5.41) is 0. The summed E-state index contributed by atoms with van der Waals surface area (Å²) >= 11 is 1.51. The molecule has 0 bridgehead atoms. The molecule has 3 fully saturated rings. The van der Waals surface area contributed by atoms with Crippen LogP contribution in [0.2, 0.25) is 0 Å². The lowest BCUT2D eigenvalue weighted by molar-refractivity contribution is -0.120. The van der Waals surface area contributed by atoms with E-state index in [2.05, 4.69) is 9.88 Å². The average molecular weight is 491 g/mol. The van der Waals surface area contributed by atoms with E-state index >= 15 is 0 Å². The molecule has 3 aromatic rings. The zero-order valence-electron chi connectivity index (χ0n) is 19.8. The molecule has 35 heavy (non-hydrogen) atoms. The Hall–Kier alpha value is -2.97. The number of likely N-dealkylation sites (tertiary alicyclic amines) is 1. The lowest BCUT2D eigenvalue weighted by Gasteiger charge is -2.41. The van der Waals surface area contributed by atoms with Gasteiger partial charge in [-0.15, -0.1) is 11.3 Å². The van der Waals surface area contributed by atoms with Gasteiger partial charge < -0.3 is 19.4 Å². The van der Waals surface area contributed by atoms with Crippen molar-refractivity contribution in [2.75, 3.05) is 37.6 Å². The number of carbonyl (C=O) groups excluding carboxylic acids is 2. The summed E-state index contributed by atoms with van der Waals surface area (Å²) in [5.74, 6) is 0.677. The number of piperazine rings is 1. The molecule has 0 N–H and O–H groups in total. The third-order valence-corrected chi connectivity index (χ3v) is 8.40. The van der Waals surface area contributed by atoms with Gasteiger partial charge in [0.2, 0.25) is 5.91 Å². The zero-order chi connectivity index (χ0) is 23.8. The van der Waals surface area contributed by atoms with Crippen molar-refractivity contribution in [1.29, 1.82) is 0 Å². The van der Waals surface area contributed by atoms with Gasteiger partial charge in [0.05, 0.1) is 15.7 Å². The van der Waals surface area contributed by atoms with E-state index < -0.39 is 0 Å². The highest BCUT2D eigenvalue weighted by molar-refractivity contribution is 7.16.